The number of hydrogen-bond acceptors (Lipinski definition) is 4. The summed E-state index contributed by atoms with van der Waals surface area (Å²) in [5.74, 6) is 1.11. The van der Waals surface area contributed by atoms with E-state index in [0.29, 0.717) is 5.95 Å². The lowest BCUT2D eigenvalue weighted by Gasteiger charge is -2.33. The van der Waals surface area contributed by atoms with Gasteiger partial charge in [-0.25, -0.2) is 4.98 Å². The fourth-order valence-electron chi connectivity index (χ4n) is 2.37. The topological polar surface area (TPSA) is 63.8 Å². The summed E-state index contributed by atoms with van der Waals surface area (Å²) in [7, 11) is 0. The Morgan fingerprint density at radius 3 is 2.24 bits per heavy atom. The van der Waals surface area contributed by atoms with Gasteiger partial charge in [-0.1, -0.05) is 20.8 Å². The van der Waals surface area contributed by atoms with Crippen LogP contribution in [0.5, 0.6) is 0 Å². The van der Waals surface area contributed by atoms with Gasteiger partial charge in [0.1, 0.15) is 5.82 Å². The Bertz CT molecular complexity index is 371. The smallest absolute Gasteiger partial charge is 0.222 e. The average Bonchev–Trinajstić information content (AvgIpc) is 1.93. The molecule has 1 aromatic heterocycles. The number of aryl methyl sites for hydroxylation is 1. The first-order chi connectivity index (χ1) is 7.57. The lowest BCUT2D eigenvalue weighted by atomic mass is 9.82. The van der Waals surface area contributed by atoms with Gasteiger partial charge in [-0.2, -0.15) is 4.98 Å². The van der Waals surface area contributed by atoms with Gasteiger partial charge in [0, 0.05) is 17.3 Å². The lowest BCUT2D eigenvalue weighted by molar-refractivity contribution is 0.302. The number of hydrogen-bond donors (Lipinski definition) is 2. The largest absolute Gasteiger partial charge is 0.368 e. The van der Waals surface area contributed by atoms with Crippen molar-refractivity contribution in [2.45, 2.75) is 53.5 Å². The molecule has 0 aliphatic carbocycles. The van der Waals surface area contributed by atoms with Gasteiger partial charge in [0.2, 0.25) is 5.95 Å². The van der Waals surface area contributed by atoms with Gasteiger partial charge in [0.25, 0.3) is 0 Å². The number of aromatic nitrogens is 2. The van der Waals surface area contributed by atoms with Crippen LogP contribution >= 0.6 is 0 Å². The highest BCUT2D eigenvalue weighted by Gasteiger charge is 2.25. The third kappa shape index (κ3) is 5.02. The van der Waals surface area contributed by atoms with Gasteiger partial charge in [0.05, 0.1) is 0 Å². The molecular weight excluding hydrogens is 212 g/mol. The predicted octanol–water partition coefficient (Wildman–Crippen LogP) is 2.99. The highest BCUT2D eigenvalue weighted by atomic mass is 15.1. The molecule has 0 saturated carbocycles. The number of nitrogens with two attached hydrogens (primary N) is 1. The molecule has 1 aromatic rings. The van der Waals surface area contributed by atoms with E-state index in [1.54, 1.807) is 0 Å². The summed E-state index contributed by atoms with van der Waals surface area (Å²) >= 11 is 0. The van der Waals surface area contributed by atoms with Gasteiger partial charge in [-0.15, -0.1) is 0 Å². The molecule has 0 fully saturated rings. The van der Waals surface area contributed by atoms with Crippen LogP contribution in [0.15, 0.2) is 6.07 Å². The van der Waals surface area contributed by atoms with E-state index in [0.717, 1.165) is 17.9 Å². The van der Waals surface area contributed by atoms with Gasteiger partial charge in [0.15, 0.2) is 0 Å². The maximum atomic E-state index is 5.64. The van der Waals surface area contributed by atoms with E-state index in [9.17, 15) is 0 Å². The molecule has 0 atom stereocenters. The fraction of sp³-hybridized carbons (Fsp3) is 0.692. The Kier molecular flexibility index (Phi) is 3.65. The number of nitrogen functional groups attached to an aromatic ring is 1. The summed E-state index contributed by atoms with van der Waals surface area (Å²) in [5.41, 5.74) is 6.77. The van der Waals surface area contributed by atoms with E-state index < -0.39 is 0 Å². The second kappa shape index (κ2) is 4.51. The zero-order valence-electron chi connectivity index (χ0n) is 11.8. The molecule has 3 N–H and O–H groups in total. The van der Waals surface area contributed by atoms with Crippen LogP contribution in [-0.2, 0) is 0 Å². The molecule has 4 nitrogen and oxygen atoms in total. The molecule has 0 aliphatic heterocycles. The van der Waals surface area contributed by atoms with Crippen LogP contribution in [0.2, 0.25) is 0 Å². The molecule has 0 radical (unpaired) electrons. The van der Waals surface area contributed by atoms with Crippen molar-refractivity contribution in [3.63, 3.8) is 0 Å². The van der Waals surface area contributed by atoms with E-state index in [4.69, 9.17) is 5.73 Å². The minimum Gasteiger partial charge on any atom is -0.368 e. The molecule has 1 heterocycles. The third-order valence-electron chi connectivity index (χ3n) is 2.31. The molecule has 0 aliphatic rings. The summed E-state index contributed by atoms with van der Waals surface area (Å²) in [5, 5.41) is 3.43. The maximum Gasteiger partial charge on any atom is 0.222 e. The van der Waals surface area contributed by atoms with Crippen LogP contribution in [0.4, 0.5) is 11.8 Å². The summed E-state index contributed by atoms with van der Waals surface area (Å²) in [6.07, 6.45) is 1.04. The Hall–Kier alpha value is -1.32. The van der Waals surface area contributed by atoms with Crippen LogP contribution in [0.1, 0.15) is 46.7 Å². The normalized spacial score (nSPS) is 12.6. The van der Waals surface area contributed by atoms with Gasteiger partial charge < -0.3 is 11.1 Å². The molecule has 0 spiro atoms. The zero-order chi connectivity index (χ0) is 13.3. The molecule has 0 bridgehead atoms. The Balaban J connectivity index is 2.82. The van der Waals surface area contributed by atoms with Crippen molar-refractivity contribution >= 4 is 11.8 Å². The fourth-order valence-corrected chi connectivity index (χ4v) is 2.37. The van der Waals surface area contributed by atoms with Crippen molar-refractivity contribution in [2.24, 2.45) is 5.41 Å². The van der Waals surface area contributed by atoms with Crippen LogP contribution in [0.25, 0.3) is 0 Å². The van der Waals surface area contributed by atoms with Gasteiger partial charge >= 0.3 is 0 Å². The molecule has 0 amide bonds. The average molecular weight is 236 g/mol. The highest BCUT2D eigenvalue weighted by Crippen LogP contribution is 2.29. The predicted molar refractivity (Wildman–Crippen MR) is 73.0 cm³/mol. The number of nitrogens with one attached hydrogen (secondary N) is 1. The minimum atomic E-state index is -0.0223. The van der Waals surface area contributed by atoms with E-state index in [1.165, 1.54) is 0 Å². The minimum absolute atomic E-state index is 0.0223. The lowest BCUT2D eigenvalue weighted by Crippen LogP contribution is -2.35. The Morgan fingerprint density at radius 1 is 1.18 bits per heavy atom. The summed E-state index contributed by atoms with van der Waals surface area (Å²) in [6, 6.07) is 1.92. The van der Waals surface area contributed by atoms with Crippen molar-refractivity contribution in [3.05, 3.63) is 11.8 Å². The molecule has 0 aromatic carbocycles. The number of anilines is 2. The van der Waals surface area contributed by atoms with Crippen molar-refractivity contribution in [1.82, 2.24) is 9.97 Å². The Morgan fingerprint density at radius 2 is 1.76 bits per heavy atom. The Labute approximate surface area is 104 Å². The first-order valence-electron chi connectivity index (χ1n) is 5.97. The maximum absolute atomic E-state index is 5.64. The first-order valence-corrected chi connectivity index (χ1v) is 5.97. The van der Waals surface area contributed by atoms with Gasteiger partial charge in [-0.3, -0.25) is 0 Å². The monoisotopic (exact) mass is 236 g/mol. The number of rotatable bonds is 3. The van der Waals surface area contributed by atoms with E-state index in [1.807, 2.05) is 13.0 Å². The third-order valence-corrected chi connectivity index (χ3v) is 2.31. The highest BCUT2D eigenvalue weighted by molar-refractivity contribution is 5.42. The molecule has 17 heavy (non-hydrogen) atoms. The van der Waals surface area contributed by atoms with Crippen LogP contribution in [-0.4, -0.2) is 15.5 Å². The summed E-state index contributed by atoms with van der Waals surface area (Å²) in [4.78, 5) is 8.27. The molecule has 0 saturated heterocycles. The van der Waals surface area contributed by atoms with Crippen LogP contribution in [0, 0.1) is 12.3 Å². The first kappa shape index (κ1) is 13.7. The molecule has 4 heteroatoms. The second-order valence-electron chi connectivity index (χ2n) is 6.50. The molecule has 1 rings (SSSR count). The SMILES string of the molecule is Cc1cc(NC(C)(C)CC(C)(C)C)nc(N)n1. The zero-order valence-corrected chi connectivity index (χ0v) is 11.8. The molecule has 0 unspecified atom stereocenters. The molecule has 96 valence electrons. The van der Waals surface area contributed by atoms with Gasteiger partial charge in [-0.05, 0) is 32.6 Å². The van der Waals surface area contributed by atoms with Crippen molar-refractivity contribution in [2.75, 3.05) is 11.1 Å². The van der Waals surface area contributed by atoms with E-state index in [2.05, 4.69) is 49.9 Å². The number of nitrogens with zero attached hydrogens (tertiary/aromatic N) is 2. The van der Waals surface area contributed by atoms with Crippen LogP contribution in [0.3, 0.4) is 0 Å². The van der Waals surface area contributed by atoms with Crippen molar-refractivity contribution in [3.8, 4) is 0 Å². The second-order valence-corrected chi connectivity index (χ2v) is 6.50. The van der Waals surface area contributed by atoms with Crippen molar-refractivity contribution in [1.29, 1.82) is 0 Å². The standard InChI is InChI=1S/C13H24N4/c1-9-7-10(16-11(14)15-9)17-13(5,6)8-12(2,3)4/h7H,8H2,1-6H3,(H3,14,15,16,17). The van der Waals surface area contributed by atoms with Crippen molar-refractivity contribution < 1.29 is 0 Å². The van der Waals surface area contributed by atoms with Crippen LogP contribution < -0.4 is 11.1 Å². The quantitative estimate of drug-likeness (QED) is 0.846. The summed E-state index contributed by atoms with van der Waals surface area (Å²) in [6.45, 7) is 13.0. The van der Waals surface area contributed by atoms with E-state index >= 15 is 0 Å². The summed E-state index contributed by atoms with van der Waals surface area (Å²) < 4.78 is 0. The molecular formula is C13H24N4. The van der Waals surface area contributed by atoms with E-state index in [-0.39, 0.29) is 11.0 Å².